The molecule has 0 aromatic heterocycles. The third kappa shape index (κ3) is 27.2. The van der Waals surface area contributed by atoms with Crippen LogP contribution in [0.3, 0.4) is 0 Å². The van der Waals surface area contributed by atoms with E-state index in [1.807, 2.05) is 0 Å². The van der Waals surface area contributed by atoms with Crippen molar-refractivity contribution in [3.63, 3.8) is 0 Å². The molecule has 0 saturated carbocycles. The van der Waals surface area contributed by atoms with Crippen LogP contribution < -0.4 is 22.1 Å². The largest absolute Gasteiger partial charge is 0.790 e. The molecule has 0 heterocycles. The molecule has 0 aliphatic heterocycles. The van der Waals surface area contributed by atoms with E-state index in [4.69, 9.17) is 0 Å². The van der Waals surface area contributed by atoms with Crippen LogP contribution in [0.1, 0.15) is 96.8 Å². The van der Waals surface area contributed by atoms with Crippen molar-refractivity contribution in [3.8, 4) is 0 Å². The van der Waals surface area contributed by atoms with Crippen LogP contribution in [0.15, 0.2) is 0 Å². The zero-order chi connectivity index (χ0) is 15.8. The minimum Gasteiger partial charge on any atom is -0.790 e. The standard InChI is InChI=1S/C16H35O4P.2H3N/c1-2-3-4-5-6-7-8-9-10-11-12-13-14-15-16-20-21(17,18)19;;/h2-16H2,1H3,(H2,17,18,19);2*1H3. The quantitative estimate of drug-likeness (QED) is 0.293. The number of phosphoric ester groups is 1. The predicted octanol–water partition coefficient (Wildman–Crippen LogP) is 5.07. The average Bonchev–Trinajstić information content (AvgIpc) is 2.42. The third-order valence-corrected chi connectivity index (χ3v) is 4.25. The van der Waals surface area contributed by atoms with E-state index in [-0.39, 0.29) is 18.9 Å². The molecule has 8 N–H and O–H groups in total. The molecule has 0 saturated heterocycles. The number of hydrogen-bond acceptors (Lipinski definition) is 4. The van der Waals surface area contributed by atoms with Crippen LogP contribution in [-0.2, 0) is 9.09 Å². The first-order chi connectivity index (χ1) is 10.1. The topological polar surface area (TPSA) is 145 Å². The molecule has 0 spiro atoms. The van der Waals surface area contributed by atoms with Crippen molar-refractivity contribution in [2.24, 2.45) is 0 Å². The molecule has 0 bridgehead atoms. The van der Waals surface area contributed by atoms with Crippen molar-refractivity contribution in [1.82, 2.24) is 12.3 Å². The molecule has 0 unspecified atom stereocenters. The zero-order valence-electron chi connectivity index (χ0n) is 15.7. The van der Waals surface area contributed by atoms with Gasteiger partial charge in [-0.25, -0.2) is 0 Å². The molecular weight excluding hydrogens is 315 g/mol. The van der Waals surface area contributed by atoms with Gasteiger partial charge in [0, 0.05) is 0 Å². The fraction of sp³-hybridized carbons (Fsp3) is 1.00. The van der Waals surface area contributed by atoms with Gasteiger partial charge in [-0.3, -0.25) is 0 Å². The molecular formula is C16H41N2O4P. The molecule has 0 aliphatic rings. The van der Waals surface area contributed by atoms with E-state index in [1.165, 1.54) is 70.6 Å². The van der Waals surface area contributed by atoms with E-state index in [0.717, 1.165) is 12.8 Å². The molecule has 0 aliphatic carbocycles. The Bertz CT molecular complexity index is 262. The Balaban J connectivity index is -0.00000200. The number of hydrogen-bond donors (Lipinski definition) is 2. The summed E-state index contributed by atoms with van der Waals surface area (Å²) in [6.07, 6.45) is 17.4. The lowest BCUT2D eigenvalue weighted by molar-refractivity contribution is -0.341. The predicted molar refractivity (Wildman–Crippen MR) is 95.8 cm³/mol. The Morgan fingerprint density at radius 3 is 1.26 bits per heavy atom. The molecule has 7 heteroatoms. The Morgan fingerprint density at radius 1 is 0.652 bits per heavy atom. The Kier molecular flexibility index (Phi) is 24.3. The molecule has 0 aromatic carbocycles. The van der Waals surface area contributed by atoms with E-state index < -0.39 is 7.82 Å². The highest BCUT2D eigenvalue weighted by Crippen LogP contribution is 2.24. The smallest absolute Gasteiger partial charge is 0.0596 e. The third-order valence-electron chi connectivity index (χ3n) is 3.75. The average molecular weight is 356 g/mol. The van der Waals surface area contributed by atoms with E-state index in [1.54, 1.807) is 0 Å². The van der Waals surface area contributed by atoms with Crippen LogP contribution in [0.2, 0.25) is 0 Å². The summed E-state index contributed by atoms with van der Waals surface area (Å²) < 4.78 is 14.4. The summed E-state index contributed by atoms with van der Waals surface area (Å²) in [7, 11) is -4.75. The van der Waals surface area contributed by atoms with Crippen molar-refractivity contribution < 1.29 is 18.9 Å². The molecule has 144 valence electrons. The van der Waals surface area contributed by atoms with Crippen molar-refractivity contribution in [1.29, 1.82) is 0 Å². The first-order valence-corrected chi connectivity index (χ1v) is 10.2. The van der Waals surface area contributed by atoms with Gasteiger partial charge in [0.05, 0.1) is 14.4 Å². The summed E-state index contributed by atoms with van der Waals surface area (Å²) in [5.74, 6) is 0. The van der Waals surface area contributed by atoms with Gasteiger partial charge in [0.2, 0.25) is 0 Å². The fourth-order valence-corrected chi connectivity index (χ4v) is 2.83. The molecule has 0 atom stereocenters. The van der Waals surface area contributed by atoms with E-state index in [0.29, 0.717) is 6.42 Å². The van der Waals surface area contributed by atoms with Gasteiger partial charge in [-0.05, 0) is 6.42 Å². The van der Waals surface area contributed by atoms with E-state index >= 15 is 0 Å². The van der Waals surface area contributed by atoms with Gasteiger partial charge in [0.15, 0.2) is 0 Å². The molecule has 0 amide bonds. The minimum absolute atomic E-state index is 0. The zero-order valence-corrected chi connectivity index (χ0v) is 16.6. The van der Waals surface area contributed by atoms with Gasteiger partial charge in [-0.15, -0.1) is 0 Å². The maximum Gasteiger partial charge on any atom is 0.0596 e. The number of quaternary nitrogens is 2. The second kappa shape index (κ2) is 20.1. The Morgan fingerprint density at radius 2 is 0.957 bits per heavy atom. The molecule has 0 fully saturated rings. The van der Waals surface area contributed by atoms with Crippen LogP contribution in [-0.4, -0.2) is 6.61 Å². The van der Waals surface area contributed by atoms with Crippen molar-refractivity contribution in [2.45, 2.75) is 96.8 Å². The lowest BCUT2D eigenvalue weighted by atomic mass is 10.0. The van der Waals surface area contributed by atoms with Crippen molar-refractivity contribution in [2.75, 3.05) is 6.61 Å². The number of unbranched alkanes of at least 4 members (excludes halogenated alkanes) is 13. The highest BCUT2D eigenvalue weighted by molar-refractivity contribution is 7.43. The summed E-state index contributed by atoms with van der Waals surface area (Å²) >= 11 is 0. The van der Waals surface area contributed by atoms with Gasteiger partial charge >= 0.3 is 0 Å². The summed E-state index contributed by atoms with van der Waals surface area (Å²) in [4.78, 5) is 20.4. The van der Waals surface area contributed by atoms with Crippen LogP contribution in [0, 0.1) is 0 Å². The Hall–Kier alpha value is 0.0300. The van der Waals surface area contributed by atoms with Gasteiger partial charge in [-0.1, -0.05) is 90.4 Å². The molecule has 6 nitrogen and oxygen atoms in total. The number of rotatable bonds is 16. The highest BCUT2D eigenvalue weighted by Gasteiger charge is 1.95. The molecule has 0 aromatic rings. The van der Waals surface area contributed by atoms with Crippen molar-refractivity contribution in [3.05, 3.63) is 0 Å². The minimum atomic E-state index is -4.75. The highest BCUT2D eigenvalue weighted by atomic mass is 31.2. The van der Waals surface area contributed by atoms with Crippen LogP contribution in [0.5, 0.6) is 0 Å². The first kappa shape index (κ1) is 27.9. The van der Waals surface area contributed by atoms with Crippen molar-refractivity contribution >= 4 is 7.82 Å². The summed E-state index contributed by atoms with van der Waals surface area (Å²) in [6, 6.07) is 0. The van der Waals surface area contributed by atoms with Crippen LogP contribution >= 0.6 is 7.82 Å². The maximum atomic E-state index is 10.2. The SMILES string of the molecule is CCCCCCCCCCCCCCCCOP(=O)([O-])[O-].[NH4+].[NH4+]. The van der Waals surface area contributed by atoms with Crippen LogP contribution in [0.25, 0.3) is 0 Å². The monoisotopic (exact) mass is 356 g/mol. The normalized spacial score (nSPS) is 10.9. The molecule has 0 radical (unpaired) electrons. The second-order valence-corrected chi connectivity index (χ2v) is 7.03. The van der Waals surface area contributed by atoms with Gasteiger partial charge in [0.1, 0.15) is 0 Å². The Labute approximate surface area is 143 Å². The maximum absolute atomic E-state index is 10.2. The molecule has 23 heavy (non-hydrogen) atoms. The van der Waals surface area contributed by atoms with E-state index in [9.17, 15) is 14.4 Å². The molecule has 0 rings (SSSR count). The lowest BCUT2D eigenvalue weighted by Crippen LogP contribution is -2.16. The number of phosphoric acid groups is 1. The summed E-state index contributed by atoms with van der Waals surface area (Å²) in [5.41, 5.74) is 0. The lowest BCUT2D eigenvalue weighted by Gasteiger charge is -2.28. The summed E-state index contributed by atoms with van der Waals surface area (Å²) in [6.45, 7) is 2.29. The van der Waals surface area contributed by atoms with Gasteiger partial charge in [0.25, 0.3) is 0 Å². The second-order valence-electron chi connectivity index (χ2n) is 5.88. The van der Waals surface area contributed by atoms with Gasteiger partial charge in [-0.2, -0.15) is 0 Å². The first-order valence-electron chi connectivity index (χ1n) is 8.73. The summed E-state index contributed by atoms with van der Waals surface area (Å²) in [5, 5.41) is 0. The fourth-order valence-electron chi connectivity index (χ4n) is 2.47. The van der Waals surface area contributed by atoms with Crippen LogP contribution in [0.4, 0.5) is 0 Å². The van der Waals surface area contributed by atoms with Gasteiger partial charge < -0.3 is 31.2 Å². The van der Waals surface area contributed by atoms with E-state index in [2.05, 4.69) is 11.4 Å².